The van der Waals surface area contributed by atoms with Crippen LogP contribution in [0.5, 0.6) is 5.75 Å². The van der Waals surface area contributed by atoms with Crippen molar-refractivity contribution in [3.63, 3.8) is 0 Å². The monoisotopic (exact) mass is 362 g/mol. The van der Waals surface area contributed by atoms with Crippen molar-refractivity contribution in [2.75, 3.05) is 46.6 Å². The first kappa shape index (κ1) is 19.1. The molecule has 2 saturated heterocycles. The number of nitrogens with one attached hydrogen (secondary N) is 2. The Bertz CT molecular complexity index is 575. The first-order valence-corrected chi connectivity index (χ1v) is 9.53. The molecule has 0 aliphatic carbocycles. The molecule has 1 unspecified atom stereocenters. The Balaban J connectivity index is 1.54. The minimum absolute atomic E-state index is 0.0174. The van der Waals surface area contributed by atoms with Crippen molar-refractivity contribution in [2.45, 2.75) is 31.8 Å². The molecule has 0 saturated carbocycles. The molecule has 144 valence electrons. The van der Waals surface area contributed by atoms with Gasteiger partial charge in [-0.15, -0.1) is 0 Å². The first-order chi connectivity index (χ1) is 12.7. The maximum Gasteiger partial charge on any atom is 0.251 e. The third kappa shape index (κ3) is 5.19. The van der Waals surface area contributed by atoms with E-state index >= 15 is 0 Å². The van der Waals surface area contributed by atoms with Gasteiger partial charge < -0.3 is 24.8 Å². The van der Waals surface area contributed by atoms with E-state index in [2.05, 4.69) is 10.6 Å². The molecular formula is C20H30N2O4. The highest BCUT2D eigenvalue weighted by molar-refractivity contribution is 5.94. The summed E-state index contributed by atoms with van der Waals surface area (Å²) in [6.45, 7) is 4.57. The van der Waals surface area contributed by atoms with Gasteiger partial charge in [-0.2, -0.15) is 0 Å². The lowest BCUT2D eigenvalue weighted by Crippen LogP contribution is -2.47. The summed E-state index contributed by atoms with van der Waals surface area (Å²) < 4.78 is 16.8. The van der Waals surface area contributed by atoms with E-state index in [1.807, 2.05) is 18.2 Å². The summed E-state index contributed by atoms with van der Waals surface area (Å²) in [5, 5.41) is 6.46. The fourth-order valence-electron chi connectivity index (χ4n) is 3.70. The van der Waals surface area contributed by atoms with Gasteiger partial charge in [0.15, 0.2) is 0 Å². The molecule has 0 bridgehead atoms. The van der Waals surface area contributed by atoms with Crippen molar-refractivity contribution in [3.05, 3.63) is 29.8 Å². The smallest absolute Gasteiger partial charge is 0.251 e. The van der Waals surface area contributed by atoms with E-state index in [-0.39, 0.29) is 17.4 Å². The Hall–Kier alpha value is -1.63. The van der Waals surface area contributed by atoms with E-state index in [4.69, 9.17) is 14.2 Å². The predicted molar refractivity (Wildman–Crippen MR) is 99.7 cm³/mol. The van der Waals surface area contributed by atoms with Crippen LogP contribution in [0, 0.1) is 5.41 Å². The third-order valence-corrected chi connectivity index (χ3v) is 5.29. The lowest BCUT2D eigenvalue weighted by Gasteiger charge is -2.37. The zero-order chi connectivity index (χ0) is 18.2. The SMILES string of the molecule is COCC1(CNC(=O)c2cccc(OCC3CCCO3)c2)CCNCC1. The van der Waals surface area contributed by atoms with Gasteiger partial charge in [-0.05, 0) is 57.0 Å². The topological polar surface area (TPSA) is 68.8 Å². The van der Waals surface area contributed by atoms with Gasteiger partial charge in [0.2, 0.25) is 0 Å². The average Bonchev–Trinajstić information content (AvgIpc) is 3.19. The largest absolute Gasteiger partial charge is 0.491 e. The van der Waals surface area contributed by atoms with Gasteiger partial charge in [0, 0.05) is 31.2 Å². The number of rotatable bonds is 8. The Morgan fingerprint density at radius 3 is 2.96 bits per heavy atom. The van der Waals surface area contributed by atoms with Crippen LogP contribution in [-0.4, -0.2) is 58.6 Å². The molecule has 6 heteroatoms. The molecule has 2 N–H and O–H groups in total. The molecule has 26 heavy (non-hydrogen) atoms. The molecule has 0 aromatic heterocycles. The van der Waals surface area contributed by atoms with Crippen LogP contribution >= 0.6 is 0 Å². The van der Waals surface area contributed by atoms with Crippen LogP contribution in [0.1, 0.15) is 36.0 Å². The Labute approximate surface area is 155 Å². The second-order valence-corrected chi connectivity index (χ2v) is 7.34. The first-order valence-electron chi connectivity index (χ1n) is 9.53. The molecule has 1 amide bonds. The van der Waals surface area contributed by atoms with E-state index in [0.717, 1.165) is 45.4 Å². The molecule has 2 aliphatic heterocycles. The number of benzene rings is 1. The number of hydrogen-bond donors (Lipinski definition) is 2. The maximum absolute atomic E-state index is 12.6. The number of hydrogen-bond acceptors (Lipinski definition) is 5. The Morgan fingerprint density at radius 1 is 1.38 bits per heavy atom. The molecule has 6 nitrogen and oxygen atoms in total. The molecule has 3 rings (SSSR count). The van der Waals surface area contributed by atoms with Crippen molar-refractivity contribution < 1.29 is 19.0 Å². The van der Waals surface area contributed by atoms with Crippen molar-refractivity contribution in [1.29, 1.82) is 0 Å². The van der Waals surface area contributed by atoms with Gasteiger partial charge in [-0.3, -0.25) is 4.79 Å². The molecule has 2 aliphatic rings. The fraction of sp³-hybridized carbons (Fsp3) is 0.650. The molecule has 0 radical (unpaired) electrons. The lowest BCUT2D eigenvalue weighted by molar-refractivity contribution is 0.0511. The van der Waals surface area contributed by atoms with Crippen molar-refractivity contribution in [3.8, 4) is 5.75 Å². The molecule has 0 spiro atoms. The molecule has 2 fully saturated rings. The van der Waals surface area contributed by atoms with Gasteiger partial charge in [0.1, 0.15) is 12.4 Å². The molecule has 1 aromatic carbocycles. The van der Waals surface area contributed by atoms with Crippen LogP contribution in [0.2, 0.25) is 0 Å². The van der Waals surface area contributed by atoms with Crippen LogP contribution in [0.25, 0.3) is 0 Å². The summed E-state index contributed by atoms with van der Waals surface area (Å²) in [6.07, 6.45) is 4.31. The number of ether oxygens (including phenoxy) is 3. The molecular weight excluding hydrogens is 332 g/mol. The van der Waals surface area contributed by atoms with E-state index in [1.54, 1.807) is 13.2 Å². The van der Waals surface area contributed by atoms with Crippen LogP contribution in [0.15, 0.2) is 24.3 Å². The second kappa shape index (κ2) is 9.35. The predicted octanol–water partition coefficient (Wildman–Crippen LogP) is 1.99. The minimum atomic E-state index is -0.0680. The van der Waals surface area contributed by atoms with Crippen molar-refractivity contribution in [2.24, 2.45) is 5.41 Å². The van der Waals surface area contributed by atoms with Crippen LogP contribution in [-0.2, 0) is 9.47 Å². The highest BCUT2D eigenvalue weighted by Gasteiger charge is 2.32. The highest BCUT2D eigenvalue weighted by atomic mass is 16.5. The zero-order valence-electron chi connectivity index (χ0n) is 15.6. The second-order valence-electron chi connectivity index (χ2n) is 7.34. The summed E-state index contributed by atoms with van der Waals surface area (Å²) in [6, 6.07) is 7.36. The van der Waals surface area contributed by atoms with E-state index in [0.29, 0.717) is 31.1 Å². The van der Waals surface area contributed by atoms with E-state index in [1.165, 1.54) is 0 Å². The number of methoxy groups -OCH3 is 1. The summed E-state index contributed by atoms with van der Waals surface area (Å²) in [4.78, 5) is 12.6. The third-order valence-electron chi connectivity index (χ3n) is 5.29. The van der Waals surface area contributed by atoms with Gasteiger partial charge in [-0.1, -0.05) is 6.07 Å². The minimum Gasteiger partial charge on any atom is -0.491 e. The number of amides is 1. The number of carbonyl (C=O) groups is 1. The maximum atomic E-state index is 12.6. The summed E-state index contributed by atoms with van der Waals surface area (Å²) in [5.41, 5.74) is 0.639. The number of piperidine rings is 1. The van der Waals surface area contributed by atoms with E-state index < -0.39 is 0 Å². The van der Waals surface area contributed by atoms with Crippen LogP contribution in [0.3, 0.4) is 0 Å². The summed E-state index contributed by atoms with van der Waals surface area (Å²) in [5.74, 6) is 0.642. The quantitative estimate of drug-likeness (QED) is 0.740. The average molecular weight is 362 g/mol. The van der Waals surface area contributed by atoms with Gasteiger partial charge in [-0.25, -0.2) is 0 Å². The van der Waals surface area contributed by atoms with Crippen LogP contribution < -0.4 is 15.4 Å². The molecule has 2 heterocycles. The highest BCUT2D eigenvalue weighted by Crippen LogP contribution is 2.28. The van der Waals surface area contributed by atoms with Gasteiger partial charge in [0.25, 0.3) is 5.91 Å². The van der Waals surface area contributed by atoms with Crippen LogP contribution in [0.4, 0.5) is 0 Å². The standard InChI is InChI=1S/C20H30N2O4/c1-24-15-20(7-9-21-10-8-20)14-22-19(23)16-4-2-5-17(12-16)26-13-18-6-3-11-25-18/h2,4-5,12,18,21H,3,6-11,13-15H2,1H3,(H,22,23). The molecule has 1 aromatic rings. The van der Waals surface area contributed by atoms with E-state index in [9.17, 15) is 4.79 Å². The number of carbonyl (C=O) groups excluding carboxylic acids is 1. The van der Waals surface area contributed by atoms with Crippen molar-refractivity contribution >= 4 is 5.91 Å². The van der Waals surface area contributed by atoms with Crippen molar-refractivity contribution in [1.82, 2.24) is 10.6 Å². The summed E-state index contributed by atoms with van der Waals surface area (Å²) in [7, 11) is 1.72. The fourth-order valence-corrected chi connectivity index (χ4v) is 3.70. The zero-order valence-corrected chi connectivity index (χ0v) is 15.6. The van der Waals surface area contributed by atoms with Gasteiger partial charge >= 0.3 is 0 Å². The normalized spacial score (nSPS) is 22.1. The lowest BCUT2D eigenvalue weighted by atomic mass is 9.79. The molecule has 1 atom stereocenters. The summed E-state index contributed by atoms with van der Waals surface area (Å²) >= 11 is 0. The Kier molecular flexibility index (Phi) is 6.88. The van der Waals surface area contributed by atoms with Gasteiger partial charge in [0.05, 0.1) is 12.7 Å². The Morgan fingerprint density at radius 2 is 2.23 bits per heavy atom.